The molecule has 0 unspecified atom stereocenters. The Bertz CT molecular complexity index is 1310. The fourth-order valence-electron chi connectivity index (χ4n) is 4.58. The van der Waals surface area contributed by atoms with Gasteiger partial charge in [0.25, 0.3) is 0 Å². The van der Waals surface area contributed by atoms with E-state index < -0.39 is 0 Å². The smallest absolute Gasteiger partial charge is 0.195 e. The summed E-state index contributed by atoms with van der Waals surface area (Å²) in [5, 5.41) is 10.9. The molecule has 3 aromatic carbocycles. The van der Waals surface area contributed by atoms with Gasteiger partial charge in [0.1, 0.15) is 18.1 Å². The molecule has 1 saturated heterocycles. The molecule has 6 heteroatoms. The van der Waals surface area contributed by atoms with Crippen molar-refractivity contribution in [1.82, 2.24) is 4.90 Å². The first-order valence-electron chi connectivity index (χ1n) is 12.0. The highest BCUT2D eigenvalue weighted by atomic mass is 32.2. The number of thiophene rings is 1. The summed E-state index contributed by atoms with van der Waals surface area (Å²) < 4.78 is 6.85. The van der Waals surface area contributed by atoms with E-state index in [1.807, 2.05) is 36.6 Å². The van der Waals surface area contributed by atoms with E-state index in [1.165, 1.54) is 35.5 Å². The third-order valence-electron chi connectivity index (χ3n) is 6.49. The van der Waals surface area contributed by atoms with E-state index in [4.69, 9.17) is 4.74 Å². The zero-order valence-corrected chi connectivity index (χ0v) is 21.5. The second kappa shape index (κ2) is 10.9. The van der Waals surface area contributed by atoms with Crippen LogP contribution in [-0.4, -0.2) is 48.3 Å². The molecule has 0 aliphatic carbocycles. The molecule has 1 aromatic heterocycles. The number of likely N-dealkylation sites (tertiary alicyclic amines) is 1. The van der Waals surface area contributed by atoms with E-state index in [2.05, 4.69) is 29.2 Å². The molecule has 0 radical (unpaired) electrons. The molecule has 1 aliphatic rings. The first-order valence-corrected chi connectivity index (χ1v) is 14.1. The van der Waals surface area contributed by atoms with Crippen molar-refractivity contribution in [3.63, 3.8) is 0 Å². The fraction of sp³-hybridized carbons (Fsp3) is 0.276. The number of ketones is 1. The summed E-state index contributed by atoms with van der Waals surface area (Å²) in [6.07, 6.45) is 5.93. The Morgan fingerprint density at radius 3 is 2.46 bits per heavy atom. The van der Waals surface area contributed by atoms with Crippen LogP contribution in [0.4, 0.5) is 0 Å². The first kappa shape index (κ1) is 23.9. The maximum absolute atomic E-state index is 13.7. The minimum absolute atomic E-state index is 0.0225. The van der Waals surface area contributed by atoms with E-state index in [-0.39, 0.29) is 11.5 Å². The normalized spacial score (nSPS) is 14.3. The highest BCUT2D eigenvalue weighted by Gasteiger charge is 2.22. The number of ether oxygens (including phenoxy) is 1. The Morgan fingerprint density at radius 2 is 1.74 bits per heavy atom. The van der Waals surface area contributed by atoms with E-state index in [1.54, 1.807) is 23.9 Å². The summed E-state index contributed by atoms with van der Waals surface area (Å²) in [4.78, 5) is 18.3. The fourth-order valence-corrected chi connectivity index (χ4v) is 6.23. The molecule has 0 bridgehead atoms. The van der Waals surface area contributed by atoms with Gasteiger partial charge in [0, 0.05) is 37.5 Å². The lowest BCUT2D eigenvalue weighted by Gasteiger charge is -2.26. The molecule has 2 heterocycles. The minimum Gasteiger partial charge on any atom is -0.508 e. The van der Waals surface area contributed by atoms with Crippen LogP contribution in [0.2, 0.25) is 0 Å². The first-order chi connectivity index (χ1) is 17.1. The number of carbonyl (C=O) groups is 1. The average molecular weight is 504 g/mol. The molecule has 180 valence electrons. The van der Waals surface area contributed by atoms with E-state index in [0.29, 0.717) is 17.7 Å². The van der Waals surface area contributed by atoms with Crippen LogP contribution < -0.4 is 4.74 Å². The lowest BCUT2D eigenvalue weighted by molar-refractivity contribution is 0.104. The summed E-state index contributed by atoms with van der Waals surface area (Å²) in [7, 11) is 0. The molecule has 1 aliphatic heterocycles. The van der Waals surface area contributed by atoms with Crippen molar-refractivity contribution in [3.05, 3.63) is 77.9 Å². The summed E-state index contributed by atoms with van der Waals surface area (Å²) in [5.74, 6) is 0.963. The largest absolute Gasteiger partial charge is 0.508 e. The average Bonchev–Trinajstić information content (AvgIpc) is 3.28. The van der Waals surface area contributed by atoms with Gasteiger partial charge in [-0.05, 0) is 92.3 Å². The van der Waals surface area contributed by atoms with Crippen molar-refractivity contribution < 1.29 is 14.6 Å². The predicted molar refractivity (Wildman–Crippen MR) is 146 cm³/mol. The number of hydrogen-bond donors (Lipinski definition) is 1. The van der Waals surface area contributed by atoms with Crippen LogP contribution in [0.1, 0.15) is 35.2 Å². The molecule has 0 atom stereocenters. The van der Waals surface area contributed by atoms with Gasteiger partial charge in [-0.15, -0.1) is 23.1 Å². The van der Waals surface area contributed by atoms with Crippen LogP contribution >= 0.6 is 23.1 Å². The van der Waals surface area contributed by atoms with Gasteiger partial charge in [0.15, 0.2) is 5.78 Å². The topological polar surface area (TPSA) is 49.8 Å². The van der Waals surface area contributed by atoms with Gasteiger partial charge in [0.05, 0.1) is 0 Å². The van der Waals surface area contributed by atoms with Gasteiger partial charge in [-0.1, -0.05) is 18.6 Å². The molecular formula is C29H29NO3S2. The number of thioether (sulfide) groups is 1. The summed E-state index contributed by atoms with van der Waals surface area (Å²) in [6, 6.07) is 21.0. The van der Waals surface area contributed by atoms with Crippen LogP contribution in [0.3, 0.4) is 0 Å². The Kier molecular flexibility index (Phi) is 7.42. The number of carbonyl (C=O) groups excluding carboxylic acids is 1. The van der Waals surface area contributed by atoms with Gasteiger partial charge in [-0.2, -0.15) is 0 Å². The van der Waals surface area contributed by atoms with Crippen molar-refractivity contribution in [2.24, 2.45) is 0 Å². The maximum Gasteiger partial charge on any atom is 0.195 e. The minimum atomic E-state index is -0.0225. The van der Waals surface area contributed by atoms with Crippen LogP contribution in [0, 0.1) is 0 Å². The number of fused-ring (bicyclic) bond motifs is 1. The zero-order valence-electron chi connectivity index (χ0n) is 19.8. The number of phenols is 1. The van der Waals surface area contributed by atoms with Gasteiger partial charge in [-0.3, -0.25) is 9.69 Å². The van der Waals surface area contributed by atoms with E-state index in [0.717, 1.165) is 45.9 Å². The van der Waals surface area contributed by atoms with Crippen molar-refractivity contribution in [1.29, 1.82) is 0 Å². The van der Waals surface area contributed by atoms with E-state index >= 15 is 0 Å². The number of aromatic hydroxyl groups is 1. The highest BCUT2D eigenvalue weighted by molar-refractivity contribution is 7.98. The monoisotopic (exact) mass is 503 g/mol. The highest BCUT2D eigenvalue weighted by Crippen LogP contribution is 2.41. The molecule has 0 amide bonds. The molecule has 1 N–H and O–H groups in total. The van der Waals surface area contributed by atoms with Crippen molar-refractivity contribution >= 4 is 39.0 Å². The van der Waals surface area contributed by atoms with Gasteiger partial charge < -0.3 is 9.84 Å². The standard InChI is InChI=1S/C29H29NO3S2/c1-34-24-12-7-21(8-13-24)29-27(25-14-9-22(31)19-26(25)35-29)28(32)20-5-10-23(11-6-20)33-18-17-30-15-3-2-4-16-30/h5-14,19,31H,2-4,15-18H2,1H3. The number of phenolic OH excluding ortho intramolecular Hbond substituents is 1. The van der Waals surface area contributed by atoms with Crippen LogP contribution in [-0.2, 0) is 0 Å². The van der Waals surface area contributed by atoms with Gasteiger partial charge in [0.2, 0.25) is 0 Å². The molecule has 4 aromatic rings. The van der Waals surface area contributed by atoms with E-state index in [9.17, 15) is 9.90 Å². The van der Waals surface area contributed by atoms with Gasteiger partial charge >= 0.3 is 0 Å². The molecule has 5 rings (SSSR count). The molecule has 1 fully saturated rings. The summed E-state index contributed by atoms with van der Waals surface area (Å²) in [6.45, 7) is 3.91. The number of benzene rings is 3. The summed E-state index contributed by atoms with van der Waals surface area (Å²) in [5.41, 5.74) is 2.31. The lowest BCUT2D eigenvalue weighted by atomic mass is 9.97. The number of rotatable bonds is 8. The van der Waals surface area contributed by atoms with Crippen LogP contribution in [0.15, 0.2) is 71.6 Å². The second-order valence-electron chi connectivity index (χ2n) is 8.82. The Labute approximate surface area is 214 Å². The lowest BCUT2D eigenvalue weighted by Crippen LogP contribution is -2.33. The van der Waals surface area contributed by atoms with Crippen molar-refractivity contribution in [2.45, 2.75) is 24.2 Å². The third kappa shape index (κ3) is 5.40. The molecule has 35 heavy (non-hydrogen) atoms. The zero-order chi connectivity index (χ0) is 24.2. The Morgan fingerprint density at radius 1 is 1.00 bits per heavy atom. The number of hydrogen-bond acceptors (Lipinski definition) is 6. The molecule has 4 nitrogen and oxygen atoms in total. The maximum atomic E-state index is 13.7. The number of nitrogens with zero attached hydrogens (tertiary/aromatic N) is 1. The predicted octanol–water partition coefficient (Wildman–Crippen LogP) is 7.09. The van der Waals surface area contributed by atoms with Gasteiger partial charge in [-0.25, -0.2) is 0 Å². The van der Waals surface area contributed by atoms with Crippen LogP contribution in [0.25, 0.3) is 20.5 Å². The van der Waals surface area contributed by atoms with Crippen molar-refractivity contribution in [3.8, 4) is 21.9 Å². The Hall–Kier alpha value is -2.80. The molecule has 0 saturated carbocycles. The summed E-state index contributed by atoms with van der Waals surface area (Å²) >= 11 is 3.23. The SMILES string of the molecule is CSc1ccc(-c2sc3cc(O)ccc3c2C(=O)c2ccc(OCCN3CCCCC3)cc2)cc1. The third-order valence-corrected chi connectivity index (χ3v) is 8.44. The van der Waals surface area contributed by atoms with Crippen molar-refractivity contribution in [2.75, 3.05) is 32.5 Å². The van der Waals surface area contributed by atoms with Crippen LogP contribution in [0.5, 0.6) is 11.5 Å². The molecular weight excluding hydrogens is 474 g/mol. The number of piperidine rings is 1. The second-order valence-corrected chi connectivity index (χ2v) is 10.8. The molecule has 0 spiro atoms. The Balaban J connectivity index is 1.39. The quantitative estimate of drug-likeness (QED) is 0.205.